The Labute approximate surface area is 282 Å². The maximum Gasteiger partial charge on any atom is 0.269 e. The summed E-state index contributed by atoms with van der Waals surface area (Å²) >= 11 is 0. The van der Waals surface area contributed by atoms with Crippen LogP contribution in [0.2, 0.25) is 0 Å². The first-order chi connectivity index (χ1) is 24.0. The minimum Gasteiger partial charge on any atom is -0.324 e. The van der Waals surface area contributed by atoms with Crippen LogP contribution in [0.25, 0.3) is 89.7 Å². The molecule has 0 atom stereocenters. The highest BCUT2D eigenvalue weighted by atomic mass is 32.2. The number of fused-ring (bicyclic) bond motifs is 20. The summed E-state index contributed by atoms with van der Waals surface area (Å²) in [5, 5.41) is 2.65. The van der Waals surface area contributed by atoms with Crippen LogP contribution in [-0.4, -0.2) is 65.8 Å². The van der Waals surface area contributed by atoms with Crippen molar-refractivity contribution in [2.24, 2.45) is 0 Å². The molecule has 4 N–H and O–H groups in total. The molecule has 9 rings (SSSR count). The fourth-order valence-corrected chi connectivity index (χ4v) is 7.59. The molecule has 7 aromatic rings. The molecule has 2 aliphatic rings. The Bertz CT molecular complexity index is 3010. The third-order valence-electron chi connectivity index (χ3n) is 8.47. The van der Waals surface area contributed by atoms with Crippen molar-refractivity contribution in [3.63, 3.8) is 0 Å². The van der Waals surface area contributed by atoms with Gasteiger partial charge in [0.15, 0.2) is 23.3 Å². The predicted octanol–water partition coefficient (Wildman–Crippen LogP) is 5.64. The summed E-state index contributed by atoms with van der Waals surface area (Å²) in [6.07, 6.45) is 0. The fraction of sp³-hybridized carbons (Fsp3) is 0.0588. The standard InChI is InChI=1S/C34H22N8O6S2/c43-49(44,45)15-17-9-11-23-25(13-17)33-39-29-21-7-3-1-5-19(21)27(36-29)35-28-20-6-2-4-8-22(20)30(37-28)40-34-26-14-18(16-50(46,47)48)10-12-24(26)32(42-34)38-31(23)41-33/h1-14H,15-16H2,(H,43,44,45)(H,46,47,48)(H2,35,36,37,38,39,40,41,42). The lowest BCUT2D eigenvalue weighted by Crippen LogP contribution is -2.01. The molecule has 0 spiro atoms. The van der Waals surface area contributed by atoms with Crippen LogP contribution in [0.5, 0.6) is 0 Å². The third-order valence-corrected chi connectivity index (χ3v) is 9.87. The van der Waals surface area contributed by atoms with Crippen LogP contribution in [0.3, 0.4) is 0 Å². The molecule has 0 saturated carbocycles. The smallest absolute Gasteiger partial charge is 0.269 e. The Hall–Kier alpha value is -5.94. The van der Waals surface area contributed by atoms with Crippen LogP contribution >= 0.6 is 0 Å². The van der Waals surface area contributed by atoms with Crippen molar-refractivity contribution in [1.82, 2.24) is 39.9 Å². The summed E-state index contributed by atoms with van der Waals surface area (Å²) in [5.41, 5.74) is 4.85. The zero-order valence-electron chi connectivity index (χ0n) is 25.5. The zero-order valence-corrected chi connectivity index (χ0v) is 27.2. The zero-order chi connectivity index (χ0) is 34.4. The minimum atomic E-state index is -4.33. The van der Waals surface area contributed by atoms with E-state index in [4.69, 9.17) is 29.9 Å². The van der Waals surface area contributed by atoms with Crippen molar-refractivity contribution in [2.45, 2.75) is 11.5 Å². The van der Waals surface area contributed by atoms with E-state index >= 15 is 0 Å². The fourth-order valence-electron chi connectivity index (χ4n) is 6.39. The second-order valence-corrected chi connectivity index (χ2v) is 14.8. The minimum absolute atomic E-state index is 0.247. The van der Waals surface area contributed by atoms with Crippen LogP contribution in [0.1, 0.15) is 11.1 Å². The van der Waals surface area contributed by atoms with Gasteiger partial charge in [0, 0.05) is 43.8 Å². The molecular formula is C34H22N8O6S2. The SMILES string of the molecule is O=S(=O)(O)Cc1ccc2c(c1)-c1nc-2nc2[nH]c(nc3nc(nc4[nH]c(n1)c1ccccc41)-c1ccccc1-3)c1cc(CS(=O)(=O)O)ccc21. The molecule has 4 aromatic carbocycles. The molecule has 5 heterocycles. The highest BCUT2D eigenvalue weighted by Gasteiger charge is 2.23. The highest BCUT2D eigenvalue weighted by molar-refractivity contribution is 7.85. The van der Waals surface area contributed by atoms with Gasteiger partial charge in [-0.2, -0.15) is 16.8 Å². The van der Waals surface area contributed by atoms with Gasteiger partial charge in [0.2, 0.25) is 0 Å². The first-order valence-corrected chi connectivity index (χ1v) is 18.3. The van der Waals surface area contributed by atoms with Crippen LogP contribution in [-0.2, 0) is 31.7 Å². The normalized spacial score (nSPS) is 12.7. The lowest BCUT2D eigenvalue weighted by Gasteiger charge is -2.03. The summed E-state index contributed by atoms with van der Waals surface area (Å²) in [5.74, 6) is 0.0881. The van der Waals surface area contributed by atoms with E-state index in [1.165, 1.54) is 0 Å². The third kappa shape index (κ3) is 5.26. The van der Waals surface area contributed by atoms with E-state index in [1.807, 2.05) is 48.5 Å². The van der Waals surface area contributed by atoms with E-state index in [9.17, 15) is 25.9 Å². The highest BCUT2D eigenvalue weighted by Crippen LogP contribution is 2.37. The lowest BCUT2D eigenvalue weighted by atomic mass is 10.1. The Kier molecular flexibility index (Phi) is 6.50. The second-order valence-electron chi connectivity index (χ2n) is 11.9. The van der Waals surface area contributed by atoms with Gasteiger partial charge in [0.1, 0.15) is 34.1 Å². The van der Waals surface area contributed by atoms with Crippen molar-refractivity contribution in [1.29, 1.82) is 0 Å². The van der Waals surface area contributed by atoms with Crippen LogP contribution < -0.4 is 0 Å². The molecule has 50 heavy (non-hydrogen) atoms. The number of benzene rings is 4. The molecule has 8 bridgehead atoms. The number of aromatic amines is 2. The number of H-pyrrole nitrogens is 2. The molecule has 0 aliphatic carbocycles. The van der Waals surface area contributed by atoms with Gasteiger partial charge in [0.25, 0.3) is 20.2 Å². The Morgan fingerprint density at radius 1 is 0.440 bits per heavy atom. The van der Waals surface area contributed by atoms with Crippen molar-refractivity contribution in [3.05, 3.63) is 96.1 Å². The summed E-state index contributed by atoms with van der Waals surface area (Å²) in [6, 6.07) is 24.8. The van der Waals surface area contributed by atoms with E-state index in [2.05, 4.69) is 9.97 Å². The van der Waals surface area contributed by atoms with Crippen LogP contribution in [0.4, 0.5) is 0 Å². The van der Waals surface area contributed by atoms with Gasteiger partial charge in [0.05, 0.1) is 0 Å². The Morgan fingerprint density at radius 3 is 1.36 bits per heavy atom. The summed E-state index contributed by atoms with van der Waals surface area (Å²) in [6.45, 7) is 0. The molecule has 246 valence electrons. The quantitative estimate of drug-likeness (QED) is 0.164. The first kappa shape index (κ1) is 30.1. The van der Waals surface area contributed by atoms with Gasteiger partial charge in [-0.05, 0) is 23.3 Å². The molecule has 16 heteroatoms. The van der Waals surface area contributed by atoms with E-state index < -0.39 is 31.7 Å². The second kappa shape index (κ2) is 10.8. The number of hydrogen-bond acceptors (Lipinski definition) is 10. The molecule has 2 aliphatic heterocycles. The largest absolute Gasteiger partial charge is 0.324 e. The average molecular weight is 703 g/mol. The van der Waals surface area contributed by atoms with Gasteiger partial charge >= 0.3 is 0 Å². The Morgan fingerprint density at radius 2 is 0.840 bits per heavy atom. The van der Waals surface area contributed by atoms with Crippen molar-refractivity contribution in [3.8, 4) is 45.6 Å². The van der Waals surface area contributed by atoms with Gasteiger partial charge in [-0.15, -0.1) is 0 Å². The predicted molar refractivity (Wildman–Crippen MR) is 187 cm³/mol. The molecule has 0 saturated heterocycles. The molecule has 0 radical (unpaired) electrons. The van der Waals surface area contributed by atoms with Crippen LogP contribution in [0.15, 0.2) is 84.9 Å². The maximum atomic E-state index is 11.8. The van der Waals surface area contributed by atoms with Gasteiger partial charge < -0.3 is 9.97 Å². The van der Waals surface area contributed by atoms with Gasteiger partial charge in [-0.3, -0.25) is 9.11 Å². The number of rotatable bonds is 4. The van der Waals surface area contributed by atoms with Gasteiger partial charge in [-0.25, -0.2) is 29.9 Å². The van der Waals surface area contributed by atoms with Crippen molar-refractivity contribution < 1.29 is 25.9 Å². The molecule has 0 fully saturated rings. The van der Waals surface area contributed by atoms with Gasteiger partial charge in [-0.1, -0.05) is 72.8 Å². The summed E-state index contributed by atoms with van der Waals surface area (Å²) in [4.78, 5) is 35.8. The average Bonchev–Trinajstić information content (AvgIpc) is 3.78. The monoisotopic (exact) mass is 702 g/mol. The number of hydrogen-bond donors (Lipinski definition) is 4. The molecule has 0 unspecified atom stereocenters. The van der Waals surface area contributed by atoms with Crippen LogP contribution in [0, 0.1) is 0 Å². The number of nitrogens with one attached hydrogen (secondary N) is 2. The first-order valence-electron chi connectivity index (χ1n) is 15.1. The number of aromatic nitrogens is 8. The van der Waals surface area contributed by atoms with E-state index in [1.54, 1.807) is 36.4 Å². The molecule has 14 nitrogen and oxygen atoms in total. The topological polar surface area (TPSA) is 218 Å². The molecule has 3 aromatic heterocycles. The number of nitrogens with zero attached hydrogens (tertiary/aromatic N) is 6. The Balaban J connectivity index is 1.43. The van der Waals surface area contributed by atoms with E-state index in [0.717, 1.165) is 21.9 Å². The maximum absolute atomic E-state index is 11.8. The van der Waals surface area contributed by atoms with E-state index in [0.29, 0.717) is 67.3 Å². The van der Waals surface area contributed by atoms with Crippen molar-refractivity contribution in [2.75, 3.05) is 0 Å². The molecular weight excluding hydrogens is 681 g/mol. The summed E-state index contributed by atoms with van der Waals surface area (Å²) < 4.78 is 66.2. The molecule has 0 amide bonds. The lowest BCUT2D eigenvalue weighted by molar-refractivity contribution is 0.479. The van der Waals surface area contributed by atoms with Crippen molar-refractivity contribution >= 4 is 64.4 Å². The summed E-state index contributed by atoms with van der Waals surface area (Å²) in [7, 11) is -8.65. The van der Waals surface area contributed by atoms with E-state index in [-0.39, 0.29) is 11.6 Å².